The van der Waals surface area contributed by atoms with Crippen molar-refractivity contribution in [2.24, 2.45) is 0 Å². The van der Waals surface area contributed by atoms with Gasteiger partial charge in [-0.05, 0) is 25.1 Å². The molecule has 0 atom stereocenters. The summed E-state index contributed by atoms with van der Waals surface area (Å²) in [6, 6.07) is 9.51. The number of benzene rings is 1. The molecular weight excluding hydrogens is 368 g/mol. The lowest BCUT2D eigenvalue weighted by molar-refractivity contribution is -0.139. The molecule has 0 bridgehead atoms. The van der Waals surface area contributed by atoms with E-state index in [1.54, 1.807) is 10.8 Å². The third-order valence-electron chi connectivity index (χ3n) is 3.77. The van der Waals surface area contributed by atoms with Crippen LogP contribution in [0.1, 0.15) is 42.7 Å². The highest BCUT2D eigenvalue weighted by molar-refractivity contribution is 6.31. The molecule has 2 heterocycles. The average Bonchev–Trinajstić information content (AvgIpc) is 3.24. The minimum Gasteiger partial charge on any atom is -0.452 e. The van der Waals surface area contributed by atoms with Gasteiger partial charge in [-0.15, -0.1) is 0 Å². The number of ether oxygens (including phenoxy) is 1. The largest absolute Gasteiger partial charge is 0.452 e. The van der Waals surface area contributed by atoms with E-state index < -0.39 is 5.97 Å². The normalized spacial score (nSPS) is 11.4. The maximum atomic E-state index is 12.0. The molecule has 0 aliphatic carbocycles. The van der Waals surface area contributed by atoms with Crippen LogP contribution in [-0.2, 0) is 16.1 Å². The van der Waals surface area contributed by atoms with Gasteiger partial charge in [0.15, 0.2) is 12.4 Å². The smallest absolute Gasteiger partial charge is 0.331 e. The van der Waals surface area contributed by atoms with Crippen LogP contribution in [0.4, 0.5) is 0 Å². The molecular formula is C19H19ClN4O3. The third-order valence-corrected chi connectivity index (χ3v) is 4.14. The fraction of sp³-hybridized carbons (Fsp3) is 0.263. The molecule has 140 valence electrons. The summed E-state index contributed by atoms with van der Waals surface area (Å²) in [5.74, 6) is 0.436. The van der Waals surface area contributed by atoms with E-state index >= 15 is 0 Å². The summed E-state index contributed by atoms with van der Waals surface area (Å²) in [6.45, 7) is 5.64. The van der Waals surface area contributed by atoms with E-state index in [9.17, 15) is 4.79 Å². The molecule has 3 aromatic rings. The van der Waals surface area contributed by atoms with Gasteiger partial charge in [-0.3, -0.25) is 0 Å². The maximum Gasteiger partial charge on any atom is 0.331 e. The molecule has 0 amide bonds. The molecule has 0 aliphatic rings. The lowest BCUT2D eigenvalue weighted by Gasteiger charge is -2.02. The number of aryl methyl sites for hydroxylation is 1. The molecule has 0 spiro atoms. The zero-order valence-electron chi connectivity index (χ0n) is 15.2. The van der Waals surface area contributed by atoms with Crippen molar-refractivity contribution >= 4 is 23.6 Å². The van der Waals surface area contributed by atoms with Gasteiger partial charge in [-0.25, -0.2) is 9.48 Å². The Bertz CT molecular complexity index is 961. The summed E-state index contributed by atoms with van der Waals surface area (Å²) in [4.78, 5) is 16.1. The summed E-state index contributed by atoms with van der Waals surface area (Å²) in [6.07, 6.45) is 2.88. The summed E-state index contributed by atoms with van der Waals surface area (Å²) in [5.41, 5.74) is 2.19. The molecule has 0 unspecified atom stereocenters. The quantitative estimate of drug-likeness (QED) is 0.468. The van der Waals surface area contributed by atoms with Gasteiger partial charge < -0.3 is 9.26 Å². The van der Waals surface area contributed by atoms with Crippen LogP contribution in [0, 0.1) is 6.92 Å². The number of carbonyl (C=O) groups excluding carboxylic acids is 1. The van der Waals surface area contributed by atoms with E-state index in [2.05, 4.69) is 15.2 Å². The van der Waals surface area contributed by atoms with E-state index in [-0.39, 0.29) is 18.4 Å². The average molecular weight is 387 g/mol. The highest BCUT2D eigenvalue weighted by atomic mass is 35.5. The van der Waals surface area contributed by atoms with Crippen molar-refractivity contribution in [2.45, 2.75) is 33.3 Å². The molecule has 2 aromatic heterocycles. The van der Waals surface area contributed by atoms with Crippen LogP contribution < -0.4 is 0 Å². The molecule has 0 N–H and O–H groups in total. The number of halogens is 1. The first-order valence-electron chi connectivity index (χ1n) is 8.43. The lowest BCUT2D eigenvalue weighted by atomic mass is 10.2. The minimum atomic E-state index is -0.540. The molecule has 7 nitrogen and oxygen atoms in total. The Morgan fingerprint density at radius 3 is 2.74 bits per heavy atom. The van der Waals surface area contributed by atoms with Crippen molar-refractivity contribution in [3.05, 3.63) is 64.5 Å². The number of carbonyl (C=O) groups is 1. The Morgan fingerprint density at radius 1 is 1.33 bits per heavy atom. The summed E-state index contributed by atoms with van der Waals surface area (Å²) < 4.78 is 11.8. The van der Waals surface area contributed by atoms with Crippen molar-refractivity contribution in [1.29, 1.82) is 0 Å². The first kappa shape index (κ1) is 18.8. The van der Waals surface area contributed by atoms with Gasteiger partial charge in [0.05, 0.1) is 11.4 Å². The zero-order chi connectivity index (χ0) is 19.4. The van der Waals surface area contributed by atoms with Crippen LogP contribution in [-0.4, -0.2) is 25.9 Å². The van der Waals surface area contributed by atoms with E-state index in [0.29, 0.717) is 22.2 Å². The van der Waals surface area contributed by atoms with Gasteiger partial charge in [0.1, 0.15) is 5.15 Å². The number of hydrogen-bond donors (Lipinski definition) is 0. The van der Waals surface area contributed by atoms with Gasteiger partial charge >= 0.3 is 5.97 Å². The lowest BCUT2D eigenvalue weighted by Crippen LogP contribution is -2.01. The van der Waals surface area contributed by atoms with Crippen molar-refractivity contribution in [3.8, 4) is 5.69 Å². The van der Waals surface area contributed by atoms with E-state index in [1.165, 1.54) is 6.08 Å². The number of para-hydroxylation sites is 1. The van der Waals surface area contributed by atoms with Gasteiger partial charge in [-0.1, -0.05) is 48.8 Å². The van der Waals surface area contributed by atoms with Crippen molar-refractivity contribution in [1.82, 2.24) is 19.9 Å². The Kier molecular flexibility index (Phi) is 5.71. The standard InChI is InChI=1S/C19H19ClN4O3/c1-12(2)19-21-16(27-23-19)11-26-17(25)10-9-15-13(3)22-24(18(15)20)14-7-5-4-6-8-14/h4-10,12H,11H2,1-3H3/b10-9+. The van der Waals surface area contributed by atoms with Crippen molar-refractivity contribution < 1.29 is 14.1 Å². The molecule has 8 heteroatoms. The SMILES string of the molecule is Cc1nn(-c2ccccc2)c(Cl)c1/C=C/C(=O)OCc1nc(C(C)C)no1. The van der Waals surface area contributed by atoms with Crippen LogP contribution in [0.25, 0.3) is 11.8 Å². The fourth-order valence-electron chi connectivity index (χ4n) is 2.33. The minimum absolute atomic E-state index is 0.0844. The Morgan fingerprint density at radius 2 is 2.07 bits per heavy atom. The number of aromatic nitrogens is 4. The Labute approximate surface area is 161 Å². The first-order valence-corrected chi connectivity index (χ1v) is 8.81. The second kappa shape index (κ2) is 8.18. The number of rotatable bonds is 6. The third kappa shape index (κ3) is 4.43. The highest BCUT2D eigenvalue weighted by Crippen LogP contribution is 2.24. The predicted molar refractivity (Wildman–Crippen MR) is 101 cm³/mol. The number of esters is 1. The highest BCUT2D eigenvalue weighted by Gasteiger charge is 2.14. The van der Waals surface area contributed by atoms with Crippen molar-refractivity contribution in [3.63, 3.8) is 0 Å². The molecule has 0 radical (unpaired) electrons. The molecule has 0 saturated carbocycles. The predicted octanol–water partition coefficient (Wildman–Crippen LogP) is 4.10. The van der Waals surface area contributed by atoms with E-state index in [1.807, 2.05) is 51.1 Å². The monoisotopic (exact) mass is 386 g/mol. The van der Waals surface area contributed by atoms with Crippen LogP contribution in [0.2, 0.25) is 5.15 Å². The van der Waals surface area contributed by atoms with E-state index in [4.69, 9.17) is 20.9 Å². The molecule has 27 heavy (non-hydrogen) atoms. The summed E-state index contributed by atoms with van der Waals surface area (Å²) in [7, 11) is 0. The Hall–Kier alpha value is -2.93. The second-order valence-corrected chi connectivity index (χ2v) is 6.54. The summed E-state index contributed by atoms with van der Waals surface area (Å²) in [5, 5.41) is 8.66. The maximum absolute atomic E-state index is 12.0. The van der Waals surface area contributed by atoms with E-state index in [0.717, 1.165) is 5.69 Å². The number of nitrogens with zero attached hydrogens (tertiary/aromatic N) is 4. The molecule has 0 aliphatic heterocycles. The van der Waals surface area contributed by atoms with Gasteiger partial charge in [0.2, 0.25) is 0 Å². The summed E-state index contributed by atoms with van der Waals surface area (Å²) >= 11 is 6.42. The van der Waals surface area contributed by atoms with Crippen LogP contribution >= 0.6 is 11.6 Å². The van der Waals surface area contributed by atoms with Crippen LogP contribution in [0.5, 0.6) is 0 Å². The van der Waals surface area contributed by atoms with Crippen LogP contribution in [0.15, 0.2) is 40.9 Å². The molecule has 1 aromatic carbocycles. The van der Waals surface area contributed by atoms with Crippen molar-refractivity contribution in [2.75, 3.05) is 0 Å². The molecule has 0 fully saturated rings. The Balaban J connectivity index is 1.66. The molecule has 0 saturated heterocycles. The fourth-order valence-corrected chi connectivity index (χ4v) is 2.67. The topological polar surface area (TPSA) is 83.0 Å². The second-order valence-electron chi connectivity index (χ2n) is 6.18. The zero-order valence-corrected chi connectivity index (χ0v) is 16.0. The van der Waals surface area contributed by atoms with Crippen LogP contribution in [0.3, 0.4) is 0 Å². The van der Waals surface area contributed by atoms with Gasteiger partial charge in [0, 0.05) is 17.6 Å². The first-order chi connectivity index (χ1) is 13.0. The van der Waals surface area contributed by atoms with Gasteiger partial charge in [-0.2, -0.15) is 10.1 Å². The number of hydrogen-bond acceptors (Lipinski definition) is 6. The van der Waals surface area contributed by atoms with Gasteiger partial charge in [0.25, 0.3) is 5.89 Å². The molecule has 3 rings (SSSR count).